The van der Waals surface area contributed by atoms with Crippen LogP contribution in [0.2, 0.25) is 0 Å². The quantitative estimate of drug-likeness (QED) is 0.697. The third kappa shape index (κ3) is 3.52. The van der Waals surface area contributed by atoms with Gasteiger partial charge in [-0.3, -0.25) is 4.72 Å². The fourth-order valence-electron chi connectivity index (χ4n) is 2.29. The van der Waals surface area contributed by atoms with Crippen molar-refractivity contribution in [3.63, 3.8) is 0 Å². The van der Waals surface area contributed by atoms with Crippen molar-refractivity contribution < 1.29 is 26.5 Å². The van der Waals surface area contributed by atoms with Crippen LogP contribution in [0.15, 0.2) is 64.0 Å². The van der Waals surface area contributed by atoms with Gasteiger partial charge in [0.2, 0.25) is 5.76 Å². The molecule has 0 atom stereocenters. The lowest BCUT2D eigenvalue weighted by molar-refractivity contribution is 0.113. The Balaban J connectivity index is 2.06. The predicted octanol–water partition coefficient (Wildman–Crippen LogP) is 4.09. The Hall–Kier alpha value is -2.94. The van der Waals surface area contributed by atoms with Crippen LogP contribution in [-0.4, -0.2) is 20.7 Å². The van der Waals surface area contributed by atoms with E-state index >= 15 is 0 Å². The number of halogens is 2. The van der Waals surface area contributed by atoms with E-state index in [2.05, 4.69) is 9.88 Å². The molecule has 0 fully saturated rings. The van der Waals surface area contributed by atoms with Crippen LogP contribution in [-0.2, 0) is 10.0 Å². The van der Waals surface area contributed by atoms with Gasteiger partial charge < -0.3 is 9.26 Å². The van der Waals surface area contributed by atoms with Gasteiger partial charge in [-0.2, -0.15) is 0 Å². The van der Waals surface area contributed by atoms with Gasteiger partial charge in [0.25, 0.3) is 16.4 Å². The Kier molecular flexibility index (Phi) is 4.90. The molecule has 1 heterocycles. The van der Waals surface area contributed by atoms with Crippen LogP contribution in [0.4, 0.5) is 14.5 Å². The van der Waals surface area contributed by atoms with E-state index in [0.717, 1.165) is 0 Å². The SMILES string of the molecule is COc1ccc(-c2noc(C(F)F)c2NS(=O)(=O)c2ccccc2)cc1. The maximum Gasteiger partial charge on any atom is 0.300 e. The number of anilines is 1. The minimum atomic E-state index is -4.09. The first-order valence-electron chi connectivity index (χ1n) is 7.42. The van der Waals surface area contributed by atoms with E-state index in [1.165, 1.54) is 31.4 Å². The Morgan fingerprint density at radius 1 is 1.08 bits per heavy atom. The average molecular weight is 380 g/mol. The van der Waals surface area contributed by atoms with Crippen molar-refractivity contribution in [3.05, 3.63) is 60.4 Å². The molecule has 0 aliphatic heterocycles. The van der Waals surface area contributed by atoms with Crippen molar-refractivity contribution in [1.82, 2.24) is 5.16 Å². The highest BCUT2D eigenvalue weighted by Crippen LogP contribution is 2.37. The van der Waals surface area contributed by atoms with Gasteiger partial charge in [0.1, 0.15) is 17.1 Å². The third-order valence-corrected chi connectivity index (χ3v) is 4.94. The second kappa shape index (κ2) is 7.12. The number of rotatable bonds is 6. The molecular weight excluding hydrogens is 366 g/mol. The number of ether oxygens (including phenoxy) is 1. The molecule has 0 bridgehead atoms. The Labute approximate surface area is 148 Å². The van der Waals surface area contributed by atoms with Crippen LogP contribution in [0.5, 0.6) is 5.75 Å². The zero-order valence-corrected chi connectivity index (χ0v) is 14.3. The van der Waals surface area contributed by atoms with Crippen LogP contribution in [0.3, 0.4) is 0 Å². The summed E-state index contributed by atoms with van der Waals surface area (Å²) < 4.78 is 63.5. The molecule has 0 aliphatic carbocycles. The van der Waals surface area contributed by atoms with E-state index in [1.54, 1.807) is 30.3 Å². The van der Waals surface area contributed by atoms with E-state index in [9.17, 15) is 17.2 Å². The largest absolute Gasteiger partial charge is 0.497 e. The molecule has 9 heteroatoms. The standard InChI is InChI=1S/C17H14F2N2O4S/c1-24-12-9-7-11(8-10-12)14-15(16(17(18)19)25-20-14)21-26(22,23)13-5-3-2-4-6-13/h2-10,17,21H,1H3. The highest BCUT2D eigenvalue weighted by Gasteiger charge is 2.28. The first-order valence-corrected chi connectivity index (χ1v) is 8.90. The second-order valence-electron chi connectivity index (χ2n) is 5.22. The average Bonchev–Trinajstić information content (AvgIpc) is 3.05. The number of benzene rings is 2. The minimum Gasteiger partial charge on any atom is -0.497 e. The molecule has 1 aromatic heterocycles. The van der Waals surface area contributed by atoms with E-state index in [4.69, 9.17) is 9.26 Å². The highest BCUT2D eigenvalue weighted by atomic mass is 32.2. The first-order chi connectivity index (χ1) is 12.4. The number of alkyl halides is 2. The minimum absolute atomic E-state index is 0.0394. The molecule has 0 spiro atoms. The van der Waals surface area contributed by atoms with Gasteiger partial charge in [0, 0.05) is 5.56 Å². The van der Waals surface area contributed by atoms with Gasteiger partial charge in [-0.15, -0.1) is 0 Å². The first kappa shape index (κ1) is 17.9. The van der Waals surface area contributed by atoms with E-state index in [1.807, 2.05) is 0 Å². The maximum absolute atomic E-state index is 13.3. The molecule has 0 radical (unpaired) electrons. The molecule has 0 aliphatic rings. The summed E-state index contributed by atoms with van der Waals surface area (Å²) in [7, 11) is -2.61. The summed E-state index contributed by atoms with van der Waals surface area (Å²) in [5, 5.41) is 3.62. The monoisotopic (exact) mass is 380 g/mol. The number of nitrogens with one attached hydrogen (secondary N) is 1. The molecule has 26 heavy (non-hydrogen) atoms. The zero-order valence-electron chi connectivity index (χ0n) is 13.5. The smallest absolute Gasteiger partial charge is 0.300 e. The summed E-state index contributed by atoms with van der Waals surface area (Å²) in [6.45, 7) is 0. The van der Waals surface area contributed by atoms with Crippen LogP contribution < -0.4 is 9.46 Å². The number of sulfonamides is 1. The summed E-state index contributed by atoms with van der Waals surface area (Å²) >= 11 is 0. The lowest BCUT2D eigenvalue weighted by Gasteiger charge is -2.09. The lowest BCUT2D eigenvalue weighted by Crippen LogP contribution is -2.14. The summed E-state index contributed by atoms with van der Waals surface area (Å²) in [6.07, 6.45) is -3.04. The number of nitrogens with zero attached hydrogens (tertiary/aromatic N) is 1. The van der Waals surface area contributed by atoms with Crippen molar-refractivity contribution in [2.45, 2.75) is 11.3 Å². The Bertz CT molecular complexity index is 987. The predicted molar refractivity (Wildman–Crippen MR) is 90.7 cm³/mol. The molecule has 0 amide bonds. The van der Waals surface area contributed by atoms with E-state index in [0.29, 0.717) is 11.3 Å². The number of methoxy groups -OCH3 is 1. The van der Waals surface area contributed by atoms with Crippen molar-refractivity contribution in [2.75, 3.05) is 11.8 Å². The van der Waals surface area contributed by atoms with Gasteiger partial charge in [-0.05, 0) is 36.4 Å². The topological polar surface area (TPSA) is 81.4 Å². The van der Waals surface area contributed by atoms with Gasteiger partial charge in [-0.1, -0.05) is 23.4 Å². The van der Waals surface area contributed by atoms with E-state index < -0.39 is 27.9 Å². The van der Waals surface area contributed by atoms with Crippen LogP contribution in [0.1, 0.15) is 12.2 Å². The molecule has 1 N–H and O–H groups in total. The van der Waals surface area contributed by atoms with Crippen molar-refractivity contribution in [3.8, 4) is 17.0 Å². The van der Waals surface area contributed by atoms with E-state index in [-0.39, 0.29) is 10.6 Å². The van der Waals surface area contributed by atoms with Crippen LogP contribution >= 0.6 is 0 Å². The van der Waals surface area contributed by atoms with Gasteiger partial charge in [0.15, 0.2) is 0 Å². The number of hydrogen-bond acceptors (Lipinski definition) is 5. The number of hydrogen-bond donors (Lipinski definition) is 1. The summed E-state index contributed by atoms with van der Waals surface area (Å²) in [4.78, 5) is -0.0675. The normalized spacial score (nSPS) is 11.5. The second-order valence-corrected chi connectivity index (χ2v) is 6.90. The van der Waals surface area contributed by atoms with Crippen molar-refractivity contribution >= 4 is 15.7 Å². The molecule has 2 aromatic carbocycles. The summed E-state index contributed by atoms with van der Waals surface area (Å²) in [5.74, 6) is -0.298. The molecule has 6 nitrogen and oxygen atoms in total. The maximum atomic E-state index is 13.3. The van der Waals surface area contributed by atoms with Gasteiger partial charge >= 0.3 is 0 Å². The molecule has 0 saturated heterocycles. The highest BCUT2D eigenvalue weighted by molar-refractivity contribution is 7.92. The fraction of sp³-hybridized carbons (Fsp3) is 0.118. The molecular formula is C17H14F2N2O4S. The lowest BCUT2D eigenvalue weighted by atomic mass is 10.1. The van der Waals surface area contributed by atoms with Gasteiger partial charge in [0.05, 0.1) is 12.0 Å². The van der Waals surface area contributed by atoms with Crippen LogP contribution in [0.25, 0.3) is 11.3 Å². The summed E-state index contributed by atoms with van der Waals surface area (Å²) in [5.41, 5.74) is -0.0382. The molecule has 136 valence electrons. The molecule has 0 saturated carbocycles. The van der Waals surface area contributed by atoms with Crippen molar-refractivity contribution in [1.29, 1.82) is 0 Å². The summed E-state index contributed by atoms with van der Waals surface area (Å²) in [6, 6.07) is 13.7. The van der Waals surface area contributed by atoms with Crippen LogP contribution in [0, 0.1) is 0 Å². The molecule has 3 aromatic rings. The Morgan fingerprint density at radius 2 is 1.73 bits per heavy atom. The van der Waals surface area contributed by atoms with Gasteiger partial charge in [-0.25, -0.2) is 17.2 Å². The Morgan fingerprint density at radius 3 is 2.31 bits per heavy atom. The molecule has 0 unspecified atom stereocenters. The van der Waals surface area contributed by atoms with Crippen molar-refractivity contribution in [2.24, 2.45) is 0 Å². The molecule has 3 rings (SSSR count). The number of aromatic nitrogens is 1. The fourth-order valence-corrected chi connectivity index (χ4v) is 3.39. The third-order valence-electron chi connectivity index (χ3n) is 3.57. The zero-order chi connectivity index (χ0) is 18.7.